The van der Waals surface area contributed by atoms with Crippen LogP contribution in [-0.2, 0) is 6.42 Å². The van der Waals surface area contributed by atoms with Gasteiger partial charge in [-0.25, -0.2) is 0 Å². The zero-order valence-electron chi connectivity index (χ0n) is 24.3. The summed E-state index contributed by atoms with van der Waals surface area (Å²) in [5.41, 5.74) is 4.72. The van der Waals surface area contributed by atoms with E-state index in [2.05, 4.69) is 80.1 Å². The van der Waals surface area contributed by atoms with Crippen LogP contribution in [0.1, 0.15) is 69.9 Å². The number of benzene rings is 1. The van der Waals surface area contributed by atoms with Crippen molar-refractivity contribution in [1.82, 2.24) is 20.4 Å². The molecule has 4 rings (SSSR count). The Labute approximate surface area is 246 Å². The Morgan fingerprint density at radius 1 is 1.00 bits per heavy atom. The number of ether oxygens (including phenoxy) is 2. The van der Waals surface area contributed by atoms with Gasteiger partial charge in [-0.2, -0.15) is 0 Å². The maximum Gasteiger partial charge on any atom is 0.262 e. The Kier molecular flexibility index (Phi) is 10.4. The van der Waals surface area contributed by atoms with Gasteiger partial charge in [-0.05, 0) is 102 Å². The van der Waals surface area contributed by atoms with E-state index in [0.717, 1.165) is 68.9 Å². The lowest BCUT2D eigenvalue weighted by Crippen LogP contribution is -2.32. The smallest absolute Gasteiger partial charge is 0.262 e. The number of hydrogen-bond acceptors (Lipinski definition) is 6. The van der Waals surface area contributed by atoms with Crippen molar-refractivity contribution in [2.45, 2.75) is 77.3 Å². The Morgan fingerprint density at radius 3 is 2.00 bits per heavy atom. The number of nitrogens with one attached hydrogen (secondary N) is 2. The zero-order chi connectivity index (χ0) is 28.1. The van der Waals surface area contributed by atoms with E-state index in [9.17, 15) is 0 Å². The number of aryl methyl sites for hydroxylation is 1. The summed E-state index contributed by atoms with van der Waals surface area (Å²) >= 11 is 11.4. The molecule has 0 spiro atoms. The van der Waals surface area contributed by atoms with Gasteiger partial charge in [-0.1, -0.05) is 43.6 Å². The van der Waals surface area contributed by atoms with Crippen molar-refractivity contribution >= 4 is 34.8 Å². The monoisotopic (exact) mass is 570 g/mol. The van der Waals surface area contributed by atoms with Gasteiger partial charge in [0.2, 0.25) is 0 Å². The molecule has 1 aliphatic carbocycles. The lowest BCUT2D eigenvalue weighted by molar-refractivity contribution is 0.439. The Balaban J connectivity index is 1.68. The predicted octanol–water partition coefficient (Wildman–Crippen LogP) is 5.57. The molecule has 4 unspecified atom stereocenters. The van der Waals surface area contributed by atoms with Gasteiger partial charge in [0, 0.05) is 49.7 Å². The molecule has 2 fully saturated rings. The topological polar surface area (TPSA) is 48.5 Å². The van der Waals surface area contributed by atoms with E-state index >= 15 is 0 Å². The van der Waals surface area contributed by atoms with Gasteiger partial charge < -0.3 is 20.1 Å². The zero-order valence-corrected chi connectivity index (χ0v) is 26.0. The molecule has 6 nitrogen and oxygen atoms in total. The van der Waals surface area contributed by atoms with E-state index in [4.69, 9.17) is 33.9 Å². The first-order valence-electron chi connectivity index (χ1n) is 14.5. The molecule has 3 aliphatic rings. The minimum absolute atomic E-state index is 0.0701. The molecule has 2 aliphatic heterocycles. The third kappa shape index (κ3) is 8.49. The number of likely N-dealkylation sites (N-methyl/N-ethyl adjacent to an activating group) is 2. The second-order valence-corrected chi connectivity index (χ2v) is 12.5. The highest BCUT2D eigenvalue weighted by Gasteiger charge is 2.33. The molecule has 2 N–H and O–H groups in total. The number of unbranched alkanes of at least 4 members (excludes halogenated alkanes) is 2. The van der Waals surface area contributed by atoms with Crippen molar-refractivity contribution in [3.05, 3.63) is 47.1 Å². The molecule has 214 valence electrons. The van der Waals surface area contributed by atoms with Crippen LogP contribution in [0.4, 0.5) is 0 Å². The van der Waals surface area contributed by atoms with Crippen LogP contribution in [0.25, 0.3) is 0 Å². The van der Waals surface area contributed by atoms with Crippen LogP contribution in [0.15, 0.2) is 35.9 Å². The summed E-state index contributed by atoms with van der Waals surface area (Å²) < 4.78 is 12.9. The van der Waals surface area contributed by atoms with Crippen molar-refractivity contribution in [1.29, 1.82) is 0 Å². The quantitative estimate of drug-likeness (QED) is 0.146. The van der Waals surface area contributed by atoms with Crippen molar-refractivity contribution in [2.24, 2.45) is 5.92 Å². The number of hydrogen-bond donors (Lipinski definition) is 2. The fourth-order valence-electron chi connectivity index (χ4n) is 5.47. The van der Waals surface area contributed by atoms with Crippen LogP contribution in [0, 0.1) is 5.92 Å². The van der Waals surface area contributed by atoms with Gasteiger partial charge in [0.05, 0.1) is 0 Å². The molecule has 0 aromatic heterocycles. The summed E-state index contributed by atoms with van der Waals surface area (Å²) in [6.07, 6.45) is 8.89. The van der Waals surface area contributed by atoms with Crippen LogP contribution in [0.3, 0.4) is 0 Å². The summed E-state index contributed by atoms with van der Waals surface area (Å²) in [7, 11) is 4.23. The second kappa shape index (κ2) is 13.6. The van der Waals surface area contributed by atoms with Crippen LogP contribution < -0.4 is 20.1 Å². The van der Waals surface area contributed by atoms with Crippen molar-refractivity contribution < 1.29 is 9.47 Å². The number of rotatable bonds is 12. The molecule has 6 atom stereocenters. The highest BCUT2D eigenvalue weighted by Crippen LogP contribution is 2.47. The molecule has 0 amide bonds. The SMILES string of the molecule is C=C(C)[C@@H]1CCC(C)=C[C@H]1c1c(OC(=S)NCC2CN2C)cc(CCCCC)cc1OC(=S)NCC1CN1C. The number of nitrogens with zero attached hydrogens (tertiary/aromatic N) is 2. The average molecular weight is 571 g/mol. The molecule has 8 heteroatoms. The lowest BCUT2D eigenvalue weighted by Gasteiger charge is -2.33. The van der Waals surface area contributed by atoms with E-state index in [1.165, 1.54) is 29.6 Å². The van der Waals surface area contributed by atoms with E-state index in [0.29, 0.717) is 22.4 Å². The largest absolute Gasteiger partial charge is 0.431 e. The van der Waals surface area contributed by atoms with Gasteiger partial charge in [0.25, 0.3) is 10.3 Å². The first kappa shape index (κ1) is 30.0. The van der Waals surface area contributed by atoms with Gasteiger partial charge in [-0.15, -0.1) is 0 Å². The minimum atomic E-state index is 0.0701. The average Bonchev–Trinajstić information content (AvgIpc) is 3.78. The number of allylic oxidation sites excluding steroid dienone is 3. The molecular formula is C31H46N4O2S2. The molecule has 0 radical (unpaired) electrons. The molecule has 0 saturated carbocycles. The second-order valence-electron chi connectivity index (χ2n) is 11.7. The fourth-order valence-corrected chi connectivity index (χ4v) is 5.81. The van der Waals surface area contributed by atoms with Gasteiger partial charge >= 0.3 is 0 Å². The van der Waals surface area contributed by atoms with E-state index in [1.807, 2.05) is 0 Å². The molecule has 2 heterocycles. The summed E-state index contributed by atoms with van der Waals surface area (Å²) in [6.45, 7) is 14.6. The molecule has 0 bridgehead atoms. The first-order valence-corrected chi connectivity index (χ1v) is 15.3. The molecule has 2 saturated heterocycles. The summed E-state index contributed by atoms with van der Waals surface area (Å²) in [5.74, 6) is 1.87. The highest BCUT2D eigenvalue weighted by molar-refractivity contribution is 7.80. The molecule has 1 aromatic carbocycles. The van der Waals surface area contributed by atoms with Crippen LogP contribution in [-0.4, -0.2) is 72.5 Å². The summed E-state index contributed by atoms with van der Waals surface area (Å²) in [5, 5.41) is 7.44. The Hall–Kier alpha value is -2.00. The summed E-state index contributed by atoms with van der Waals surface area (Å²) in [4.78, 5) is 4.56. The van der Waals surface area contributed by atoms with Gasteiger partial charge in [0.15, 0.2) is 0 Å². The normalized spacial score (nSPS) is 27.3. The van der Waals surface area contributed by atoms with E-state index in [1.54, 1.807) is 0 Å². The fraction of sp³-hybridized carbons (Fsp3) is 0.613. The van der Waals surface area contributed by atoms with Crippen LogP contribution in [0.5, 0.6) is 11.5 Å². The predicted molar refractivity (Wildman–Crippen MR) is 169 cm³/mol. The van der Waals surface area contributed by atoms with Crippen molar-refractivity contribution in [3.8, 4) is 11.5 Å². The first-order chi connectivity index (χ1) is 18.7. The Bertz CT molecular complexity index is 1050. The van der Waals surface area contributed by atoms with Gasteiger partial charge in [-0.3, -0.25) is 9.80 Å². The minimum Gasteiger partial charge on any atom is -0.431 e. The standard InChI is InChI=1S/C31H46N4O2S2/c1-7-8-9-10-22-14-27(36-30(38)32-16-23-18-34(23)5)29(26-13-21(4)11-12-25(26)20(2)3)28(15-22)37-31(39)33-17-24-19-35(24)6/h13-15,23-26H,2,7-12,16-19H2,1,3-6H3,(H,32,38)(H,33,39)/t23?,24?,25-,26+,34?,35?/m0/s1. The highest BCUT2D eigenvalue weighted by atomic mass is 32.1. The maximum atomic E-state index is 6.46. The summed E-state index contributed by atoms with van der Waals surface area (Å²) in [6, 6.07) is 5.35. The molecular weight excluding hydrogens is 525 g/mol. The van der Waals surface area contributed by atoms with Crippen molar-refractivity contribution in [2.75, 3.05) is 40.3 Å². The lowest BCUT2D eigenvalue weighted by atomic mass is 9.73. The third-order valence-corrected chi connectivity index (χ3v) is 8.75. The van der Waals surface area contributed by atoms with Crippen LogP contribution in [0.2, 0.25) is 0 Å². The number of thiocarbonyl (C=S) groups is 2. The molecule has 1 aromatic rings. The Morgan fingerprint density at radius 2 is 1.54 bits per heavy atom. The third-order valence-electron chi connectivity index (χ3n) is 8.29. The molecule has 39 heavy (non-hydrogen) atoms. The van der Waals surface area contributed by atoms with Crippen molar-refractivity contribution in [3.63, 3.8) is 0 Å². The van der Waals surface area contributed by atoms with E-state index < -0.39 is 0 Å². The van der Waals surface area contributed by atoms with E-state index in [-0.39, 0.29) is 11.8 Å². The maximum absolute atomic E-state index is 6.46. The van der Waals surface area contributed by atoms with Gasteiger partial charge in [0.1, 0.15) is 11.5 Å². The van der Waals surface area contributed by atoms with Crippen LogP contribution >= 0.6 is 24.4 Å².